The highest BCUT2D eigenvalue weighted by Gasteiger charge is 2.15. The van der Waals surface area contributed by atoms with Gasteiger partial charge in [0, 0.05) is 33.0 Å². The Hall–Kier alpha value is -1.20. The van der Waals surface area contributed by atoms with Crippen molar-refractivity contribution in [3.63, 3.8) is 0 Å². The molecule has 0 radical (unpaired) electrons. The van der Waals surface area contributed by atoms with Crippen LogP contribution in [0.15, 0.2) is 4.79 Å². The van der Waals surface area contributed by atoms with E-state index in [0.717, 1.165) is 30.0 Å². The maximum Gasteiger partial charge on any atom is 0.255 e. The third-order valence-electron chi connectivity index (χ3n) is 2.87. The van der Waals surface area contributed by atoms with Crippen LogP contribution in [0, 0.1) is 0 Å². The molecule has 2 N–H and O–H groups in total. The largest absolute Gasteiger partial charge is 0.381 e. The molecule has 5 heteroatoms. The van der Waals surface area contributed by atoms with Crippen molar-refractivity contribution in [2.45, 2.75) is 32.4 Å². The molecule has 1 aliphatic rings. The molecule has 1 aromatic rings. The van der Waals surface area contributed by atoms with Gasteiger partial charge in [-0.05, 0) is 6.92 Å². The number of methoxy groups -OCH3 is 1. The van der Waals surface area contributed by atoms with Gasteiger partial charge in [0.05, 0.1) is 17.4 Å². The van der Waals surface area contributed by atoms with Gasteiger partial charge in [-0.15, -0.1) is 0 Å². The van der Waals surface area contributed by atoms with E-state index >= 15 is 0 Å². The van der Waals surface area contributed by atoms with E-state index in [1.165, 1.54) is 0 Å². The molecule has 0 aromatic carbocycles. The molecule has 1 unspecified atom stereocenters. The van der Waals surface area contributed by atoms with Gasteiger partial charge in [0.2, 0.25) is 0 Å². The summed E-state index contributed by atoms with van der Waals surface area (Å²) in [5, 5.41) is 3.17. The molecule has 1 atom stereocenters. The monoisotopic (exact) mass is 223 g/mol. The summed E-state index contributed by atoms with van der Waals surface area (Å²) >= 11 is 0. The van der Waals surface area contributed by atoms with E-state index in [-0.39, 0.29) is 11.7 Å². The van der Waals surface area contributed by atoms with Gasteiger partial charge in [-0.3, -0.25) is 4.79 Å². The van der Waals surface area contributed by atoms with Crippen LogP contribution in [0.4, 0.5) is 0 Å². The number of nitrogens with one attached hydrogen (secondary N) is 2. The summed E-state index contributed by atoms with van der Waals surface area (Å²) < 4.78 is 5.16. The normalized spacial score (nSPS) is 16.9. The van der Waals surface area contributed by atoms with Gasteiger partial charge in [0.25, 0.3) is 5.56 Å². The van der Waals surface area contributed by atoms with E-state index in [1.54, 1.807) is 7.11 Å². The van der Waals surface area contributed by atoms with Gasteiger partial charge >= 0.3 is 0 Å². The molecule has 1 aliphatic heterocycles. The van der Waals surface area contributed by atoms with Crippen molar-refractivity contribution in [2.24, 2.45) is 0 Å². The molecule has 2 heterocycles. The highest BCUT2D eigenvalue weighted by atomic mass is 16.5. The van der Waals surface area contributed by atoms with Crippen LogP contribution in [-0.4, -0.2) is 29.7 Å². The lowest BCUT2D eigenvalue weighted by molar-refractivity contribution is 0.117. The van der Waals surface area contributed by atoms with E-state index < -0.39 is 0 Å². The van der Waals surface area contributed by atoms with Crippen molar-refractivity contribution < 1.29 is 4.74 Å². The van der Waals surface area contributed by atoms with Crippen LogP contribution in [0.3, 0.4) is 0 Å². The van der Waals surface area contributed by atoms with E-state index in [0.29, 0.717) is 13.0 Å². The molecule has 0 bridgehead atoms. The molecular formula is C11H17N3O2. The Bertz CT molecular complexity index is 428. The fourth-order valence-corrected chi connectivity index (χ4v) is 1.86. The van der Waals surface area contributed by atoms with Crippen molar-refractivity contribution in [1.29, 1.82) is 0 Å². The number of rotatable bonds is 3. The number of H-pyrrole nitrogens is 1. The van der Waals surface area contributed by atoms with Gasteiger partial charge in [-0.2, -0.15) is 0 Å². The second-order valence-corrected chi connectivity index (χ2v) is 4.12. The smallest absolute Gasteiger partial charge is 0.255 e. The van der Waals surface area contributed by atoms with E-state index in [9.17, 15) is 4.79 Å². The fourth-order valence-electron chi connectivity index (χ4n) is 1.86. The van der Waals surface area contributed by atoms with E-state index in [2.05, 4.69) is 15.3 Å². The molecule has 1 aromatic heterocycles. The molecule has 16 heavy (non-hydrogen) atoms. The molecule has 0 spiro atoms. The van der Waals surface area contributed by atoms with E-state index in [4.69, 9.17) is 4.74 Å². The number of fused-ring (bicyclic) bond motifs is 1. The van der Waals surface area contributed by atoms with E-state index in [1.807, 2.05) is 6.92 Å². The summed E-state index contributed by atoms with van der Waals surface area (Å²) in [4.78, 5) is 19.1. The molecule has 0 aliphatic carbocycles. The Balaban J connectivity index is 2.28. The number of aromatic nitrogens is 2. The summed E-state index contributed by atoms with van der Waals surface area (Å²) in [6, 6.07) is 0. The molecule has 88 valence electrons. The zero-order valence-corrected chi connectivity index (χ0v) is 9.67. The van der Waals surface area contributed by atoms with Gasteiger partial charge < -0.3 is 15.0 Å². The molecule has 0 fully saturated rings. The first-order valence-electron chi connectivity index (χ1n) is 5.55. The summed E-state index contributed by atoms with van der Waals surface area (Å²) in [5.41, 5.74) is 1.69. The lowest BCUT2D eigenvalue weighted by Gasteiger charge is -2.16. The number of ether oxygens (including phenoxy) is 1. The summed E-state index contributed by atoms with van der Waals surface area (Å²) in [6.45, 7) is 3.47. The standard InChI is InChI=1S/C11H17N3O2/c1-7(16-2)5-10-13-9-3-4-12-6-8(9)11(15)14-10/h7,12H,3-6H2,1-2H3,(H,13,14,15). The van der Waals surface area contributed by atoms with Crippen LogP contribution in [0.5, 0.6) is 0 Å². The van der Waals surface area contributed by atoms with Crippen LogP contribution >= 0.6 is 0 Å². The van der Waals surface area contributed by atoms with Crippen LogP contribution in [0.2, 0.25) is 0 Å². The Labute approximate surface area is 94.2 Å². The van der Waals surface area contributed by atoms with Crippen molar-refractivity contribution in [1.82, 2.24) is 15.3 Å². The highest BCUT2D eigenvalue weighted by molar-refractivity contribution is 5.20. The highest BCUT2D eigenvalue weighted by Crippen LogP contribution is 2.07. The van der Waals surface area contributed by atoms with Gasteiger partial charge in [0.1, 0.15) is 5.82 Å². The zero-order chi connectivity index (χ0) is 11.5. The minimum Gasteiger partial charge on any atom is -0.381 e. The second kappa shape index (κ2) is 4.76. The lowest BCUT2D eigenvalue weighted by atomic mass is 10.1. The van der Waals surface area contributed by atoms with Gasteiger partial charge in [-0.25, -0.2) is 4.98 Å². The van der Waals surface area contributed by atoms with Crippen LogP contribution in [0.25, 0.3) is 0 Å². The summed E-state index contributed by atoms with van der Waals surface area (Å²) in [6.07, 6.45) is 1.54. The van der Waals surface area contributed by atoms with Gasteiger partial charge in [0.15, 0.2) is 0 Å². The number of hydrogen-bond acceptors (Lipinski definition) is 4. The molecule has 0 amide bonds. The quantitative estimate of drug-likeness (QED) is 0.756. The third kappa shape index (κ3) is 2.31. The Morgan fingerprint density at radius 2 is 2.38 bits per heavy atom. The lowest BCUT2D eigenvalue weighted by Crippen LogP contribution is -2.32. The average Bonchev–Trinajstić information content (AvgIpc) is 2.29. The minimum absolute atomic E-state index is 0.0181. The summed E-state index contributed by atoms with van der Waals surface area (Å²) in [7, 11) is 1.66. The molecule has 2 rings (SSSR count). The van der Waals surface area contributed by atoms with Crippen LogP contribution in [-0.2, 0) is 24.1 Å². The fraction of sp³-hybridized carbons (Fsp3) is 0.636. The predicted molar refractivity (Wildman–Crippen MR) is 60.4 cm³/mol. The first kappa shape index (κ1) is 11.3. The van der Waals surface area contributed by atoms with Crippen LogP contribution < -0.4 is 10.9 Å². The average molecular weight is 223 g/mol. The Kier molecular flexibility index (Phi) is 3.36. The predicted octanol–water partition coefficient (Wildman–Crippen LogP) is -0.00700. The van der Waals surface area contributed by atoms with Crippen LogP contribution in [0.1, 0.15) is 24.0 Å². The molecular weight excluding hydrogens is 206 g/mol. The van der Waals surface area contributed by atoms with Crippen molar-refractivity contribution in [3.8, 4) is 0 Å². The topological polar surface area (TPSA) is 67.0 Å². The number of hydrogen-bond donors (Lipinski definition) is 2. The molecule has 0 saturated heterocycles. The Morgan fingerprint density at radius 1 is 1.56 bits per heavy atom. The van der Waals surface area contributed by atoms with Crippen molar-refractivity contribution in [3.05, 3.63) is 27.4 Å². The first-order chi connectivity index (χ1) is 7.70. The maximum atomic E-state index is 11.8. The molecule has 0 saturated carbocycles. The third-order valence-corrected chi connectivity index (χ3v) is 2.87. The summed E-state index contributed by atoms with van der Waals surface area (Å²) in [5.74, 6) is 0.722. The van der Waals surface area contributed by atoms with Crippen molar-refractivity contribution >= 4 is 0 Å². The van der Waals surface area contributed by atoms with Crippen molar-refractivity contribution in [2.75, 3.05) is 13.7 Å². The SMILES string of the molecule is COC(C)Cc1nc2c(c(=O)[nH]1)CNCC2. The number of aromatic amines is 1. The van der Waals surface area contributed by atoms with Gasteiger partial charge in [-0.1, -0.05) is 0 Å². The zero-order valence-electron chi connectivity index (χ0n) is 9.67. The first-order valence-corrected chi connectivity index (χ1v) is 5.55. The maximum absolute atomic E-state index is 11.8. The molecule has 5 nitrogen and oxygen atoms in total. The Morgan fingerprint density at radius 3 is 3.12 bits per heavy atom. The minimum atomic E-state index is -0.0181. The second-order valence-electron chi connectivity index (χ2n) is 4.12. The number of nitrogens with zero attached hydrogens (tertiary/aromatic N) is 1.